The summed E-state index contributed by atoms with van der Waals surface area (Å²) in [5.41, 5.74) is 0.924. The minimum Gasteiger partial charge on any atom is -0.323 e. The predicted molar refractivity (Wildman–Crippen MR) is 74.8 cm³/mol. The van der Waals surface area contributed by atoms with E-state index < -0.39 is 9.84 Å². The van der Waals surface area contributed by atoms with Gasteiger partial charge in [0.05, 0.1) is 10.6 Å². The van der Waals surface area contributed by atoms with Crippen LogP contribution in [-0.2, 0) is 16.4 Å². The van der Waals surface area contributed by atoms with Gasteiger partial charge in [0.25, 0.3) is 0 Å². The Morgan fingerprint density at radius 3 is 2.90 bits per heavy atom. The number of hydrogen-bond donors (Lipinski definition) is 0. The molecule has 0 amide bonds. The van der Waals surface area contributed by atoms with Gasteiger partial charge in [-0.3, -0.25) is 0 Å². The van der Waals surface area contributed by atoms with Crippen LogP contribution in [0, 0.1) is 18.3 Å². The zero-order valence-electron chi connectivity index (χ0n) is 11.2. The molecule has 104 valence electrons. The fraction of sp³-hybridized carbons (Fsp3) is 0.286. The highest BCUT2D eigenvalue weighted by Gasteiger charge is 2.14. The number of nitrogens with zero attached hydrogens (tertiary/aromatic N) is 3. The van der Waals surface area contributed by atoms with Gasteiger partial charge in [0.15, 0.2) is 9.84 Å². The van der Waals surface area contributed by atoms with Crippen molar-refractivity contribution in [1.29, 1.82) is 5.26 Å². The number of hydrogen-bond acceptors (Lipinski definition) is 4. The van der Waals surface area contributed by atoms with Gasteiger partial charge in [-0.05, 0) is 31.0 Å². The molecule has 0 saturated heterocycles. The Labute approximate surface area is 118 Å². The third kappa shape index (κ3) is 3.25. The third-order valence-electron chi connectivity index (χ3n) is 2.98. The number of imidazole rings is 1. The molecular weight excluding hydrogens is 274 g/mol. The van der Waals surface area contributed by atoms with E-state index in [-0.39, 0.29) is 5.75 Å². The van der Waals surface area contributed by atoms with Crippen molar-refractivity contribution in [3.05, 3.63) is 48.0 Å². The zero-order chi connectivity index (χ0) is 14.6. The van der Waals surface area contributed by atoms with Gasteiger partial charge >= 0.3 is 0 Å². The van der Waals surface area contributed by atoms with Crippen molar-refractivity contribution < 1.29 is 8.42 Å². The average Bonchev–Trinajstić information content (AvgIpc) is 2.86. The molecule has 0 N–H and O–H groups in total. The van der Waals surface area contributed by atoms with Gasteiger partial charge in [-0.2, -0.15) is 5.26 Å². The molecule has 0 saturated carbocycles. The largest absolute Gasteiger partial charge is 0.323 e. The second kappa shape index (κ2) is 5.88. The van der Waals surface area contributed by atoms with Crippen molar-refractivity contribution in [2.75, 3.05) is 5.75 Å². The first-order chi connectivity index (χ1) is 9.53. The lowest BCUT2D eigenvalue weighted by atomic mass is 10.2. The number of aryl methyl sites for hydroxylation is 2. The predicted octanol–water partition coefficient (Wildman–Crippen LogP) is 1.93. The molecule has 1 aromatic carbocycles. The van der Waals surface area contributed by atoms with Crippen molar-refractivity contribution in [2.45, 2.75) is 24.8 Å². The van der Waals surface area contributed by atoms with E-state index in [1.807, 2.05) is 19.1 Å². The molecule has 0 radical (unpaired) electrons. The molecule has 2 rings (SSSR count). The number of benzene rings is 1. The van der Waals surface area contributed by atoms with Crippen LogP contribution in [0.25, 0.3) is 0 Å². The van der Waals surface area contributed by atoms with Gasteiger partial charge in [-0.1, -0.05) is 12.1 Å². The van der Waals surface area contributed by atoms with Crippen LogP contribution in [0.2, 0.25) is 0 Å². The second-order valence-electron chi connectivity index (χ2n) is 4.54. The van der Waals surface area contributed by atoms with E-state index in [4.69, 9.17) is 5.26 Å². The SMILES string of the molecule is Cc1cccc(S(=O)(=O)CCCn2ccnc2C#N)c1. The highest BCUT2D eigenvalue weighted by atomic mass is 32.2. The lowest BCUT2D eigenvalue weighted by Gasteiger charge is -2.06. The summed E-state index contributed by atoms with van der Waals surface area (Å²) in [6.07, 6.45) is 3.66. The van der Waals surface area contributed by atoms with Crippen LogP contribution >= 0.6 is 0 Å². The molecule has 0 spiro atoms. The normalized spacial score (nSPS) is 11.2. The number of sulfone groups is 1. The lowest BCUT2D eigenvalue weighted by molar-refractivity contribution is 0.585. The summed E-state index contributed by atoms with van der Waals surface area (Å²) in [6, 6.07) is 8.86. The smallest absolute Gasteiger partial charge is 0.212 e. The highest BCUT2D eigenvalue weighted by Crippen LogP contribution is 2.14. The molecule has 1 aromatic heterocycles. The van der Waals surface area contributed by atoms with Crippen molar-refractivity contribution in [3.63, 3.8) is 0 Å². The quantitative estimate of drug-likeness (QED) is 0.842. The minimum atomic E-state index is -3.27. The second-order valence-corrected chi connectivity index (χ2v) is 6.65. The van der Waals surface area contributed by atoms with E-state index >= 15 is 0 Å². The Morgan fingerprint density at radius 2 is 2.20 bits per heavy atom. The van der Waals surface area contributed by atoms with Crippen LogP contribution in [0.15, 0.2) is 41.6 Å². The first-order valence-corrected chi connectivity index (χ1v) is 7.89. The van der Waals surface area contributed by atoms with Crippen molar-refractivity contribution in [3.8, 4) is 6.07 Å². The van der Waals surface area contributed by atoms with Gasteiger partial charge in [0, 0.05) is 18.9 Å². The summed E-state index contributed by atoms with van der Waals surface area (Å²) < 4.78 is 26.0. The monoisotopic (exact) mass is 289 g/mol. The molecule has 0 atom stereocenters. The number of aromatic nitrogens is 2. The molecule has 0 fully saturated rings. The summed E-state index contributed by atoms with van der Waals surface area (Å²) in [5, 5.41) is 8.82. The molecule has 0 aliphatic rings. The summed E-state index contributed by atoms with van der Waals surface area (Å²) in [5.74, 6) is 0.359. The van der Waals surface area contributed by atoms with Crippen LogP contribution in [0.5, 0.6) is 0 Å². The fourth-order valence-electron chi connectivity index (χ4n) is 1.95. The Bertz CT molecular complexity index is 742. The van der Waals surface area contributed by atoms with Crippen LogP contribution in [0.3, 0.4) is 0 Å². The van der Waals surface area contributed by atoms with Crippen molar-refractivity contribution >= 4 is 9.84 Å². The maximum Gasteiger partial charge on any atom is 0.212 e. The summed E-state index contributed by atoms with van der Waals surface area (Å²) in [7, 11) is -3.27. The lowest BCUT2D eigenvalue weighted by Crippen LogP contribution is -2.10. The molecule has 0 aliphatic carbocycles. The zero-order valence-corrected chi connectivity index (χ0v) is 12.0. The van der Waals surface area contributed by atoms with Crippen LogP contribution < -0.4 is 0 Å². The van der Waals surface area contributed by atoms with Gasteiger partial charge in [0.2, 0.25) is 5.82 Å². The standard InChI is InChI=1S/C14H15N3O2S/c1-12-4-2-5-13(10-12)20(18,19)9-3-7-17-8-6-16-14(17)11-15/h2,4-6,8,10H,3,7,9H2,1H3. The van der Waals surface area contributed by atoms with Crippen molar-refractivity contribution in [1.82, 2.24) is 9.55 Å². The molecular formula is C14H15N3O2S. The Hall–Kier alpha value is -2.13. The van der Waals surface area contributed by atoms with E-state index in [0.717, 1.165) is 5.56 Å². The van der Waals surface area contributed by atoms with Crippen LogP contribution in [0.4, 0.5) is 0 Å². The van der Waals surface area contributed by atoms with E-state index in [0.29, 0.717) is 23.7 Å². The molecule has 5 nitrogen and oxygen atoms in total. The number of nitriles is 1. The minimum absolute atomic E-state index is 0.0551. The van der Waals surface area contributed by atoms with Gasteiger partial charge < -0.3 is 4.57 Å². The molecule has 1 heterocycles. The topological polar surface area (TPSA) is 75.8 Å². The van der Waals surface area contributed by atoms with E-state index in [1.165, 1.54) is 6.20 Å². The molecule has 2 aromatic rings. The maximum atomic E-state index is 12.2. The van der Waals surface area contributed by atoms with Gasteiger partial charge in [-0.25, -0.2) is 13.4 Å². The van der Waals surface area contributed by atoms with Gasteiger partial charge in [-0.15, -0.1) is 0 Å². The molecule has 0 aliphatic heterocycles. The fourth-order valence-corrected chi connectivity index (χ4v) is 3.35. The maximum absolute atomic E-state index is 12.2. The first-order valence-electron chi connectivity index (χ1n) is 6.23. The molecule has 6 heteroatoms. The summed E-state index contributed by atoms with van der Waals surface area (Å²) >= 11 is 0. The van der Waals surface area contributed by atoms with Gasteiger partial charge in [0.1, 0.15) is 6.07 Å². The van der Waals surface area contributed by atoms with Crippen molar-refractivity contribution in [2.24, 2.45) is 0 Å². The first kappa shape index (κ1) is 14.3. The van der Waals surface area contributed by atoms with Crippen LogP contribution in [-0.4, -0.2) is 23.7 Å². The summed E-state index contributed by atoms with van der Waals surface area (Å²) in [6.45, 7) is 2.33. The Morgan fingerprint density at radius 1 is 1.40 bits per heavy atom. The number of rotatable bonds is 5. The molecule has 20 heavy (non-hydrogen) atoms. The molecule has 0 bridgehead atoms. The van der Waals surface area contributed by atoms with E-state index in [9.17, 15) is 8.42 Å². The average molecular weight is 289 g/mol. The highest BCUT2D eigenvalue weighted by molar-refractivity contribution is 7.91. The Kier molecular flexibility index (Phi) is 4.20. The summed E-state index contributed by atoms with van der Waals surface area (Å²) in [4.78, 5) is 4.22. The van der Waals surface area contributed by atoms with Crippen LogP contribution in [0.1, 0.15) is 17.8 Å². The third-order valence-corrected chi connectivity index (χ3v) is 4.77. The van der Waals surface area contributed by atoms with E-state index in [2.05, 4.69) is 4.98 Å². The molecule has 0 unspecified atom stereocenters. The Balaban J connectivity index is 2.02. The van der Waals surface area contributed by atoms with E-state index in [1.54, 1.807) is 29.0 Å².